The number of rotatable bonds is 9. The maximum atomic E-state index is 4.53. The van der Waals surface area contributed by atoms with Crippen LogP contribution in [0, 0.1) is 0 Å². The number of hydrogen-bond acceptors (Lipinski definition) is 4. The molecule has 0 saturated carbocycles. The molecule has 34 heavy (non-hydrogen) atoms. The summed E-state index contributed by atoms with van der Waals surface area (Å²) in [5, 5.41) is 3.79. The van der Waals surface area contributed by atoms with Crippen LogP contribution in [0.2, 0.25) is 0 Å². The molecule has 2 heterocycles. The summed E-state index contributed by atoms with van der Waals surface area (Å²) in [7, 11) is 0. The minimum atomic E-state index is 0.455. The quantitative estimate of drug-likeness (QED) is 0.349. The highest BCUT2D eigenvalue weighted by molar-refractivity contribution is 5.32. The minimum Gasteiger partial charge on any atom is -0.306 e. The van der Waals surface area contributed by atoms with E-state index in [-0.39, 0.29) is 0 Å². The molecule has 172 valence electrons. The van der Waals surface area contributed by atoms with Gasteiger partial charge in [-0.25, -0.2) is 0 Å². The first-order valence-electron chi connectivity index (χ1n) is 12.2. The molecular formula is C30H32N4. The van der Waals surface area contributed by atoms with Crippen molar-refractivity contribution in [2.45, 2.75) is 51.5 Å². The predicted molar refractivity (Wildman–Crippen MR) is 137 cm³/mol. The summed E-state index contributed by atoms with van der Waals surface area (Å²) in [5.74, 6) is 0. The fraction of sp³-hybridized carbons (Fsp3) is 0.267. The third kappa shape index (κ3) is 5.96. The molecule has 0 fully saturated rings. The maximum Gasteiger partial charge on any atom is 0.0544 e. The van der Waals surface area contributed by atoms with E-state index in [2.05, 4.69) is 80.8 Å². The summed E-state index contributed by atoms with van der Waals surface area (Å²) in [6.45, 7) is 3.34. The van der Waals surface area contributed by atoms with Crippen LogP contribution in [0.5, 0.6) is 0 Å². The number of nitrogens with zero attached hydrogens (tertiary/aromatic N) is 3. The number of hydrogen-bond donors (Lipinski definition) is 1. The largest absolute Gasteiger partial charge is 0.306 e. The zero-order chi connectivity index (χ0) is 23.0. The summed E-state index contributed by atoms with van der Waals surface area (Å²) in [6, 6.07) is 30.6. The van der Waals surface area contributed by atoms with Crippen molar-refractivity contribution in [1.29, 1.82) is 0 Å². The normalized spacial score (nSPS) is 15.3. The first-order valence-corrected chi connectivity index (χ1v) is 12.2. The van der Waals surface area contributed by atoms with Crippen molar-refractivity contribution in [2.75, 3.05) is 0 Å². The van der Waals surface area contributed by atoms with Crippen LogP contribution in [0.1, 0.15) is 52.5 Å². The van der Waals surface area contributed by atoms with Crippen molar-refractivity contribution in [3.05, 3.63) is 131 Å². The van der Waals surface area contributed by atoms with E-state index in [1.807, 2.05) is 36.7 Å². The van der Waals surface area contributed by atoms with Gasteiger partial charge in [-0.15, -0.1) is 0 Å². The SMILES string of the molecule is c1ccc(CN(Cc2ccc(CNC3CCCc4ccccc43)cc2)Cc2ccccn2)nc1. The third-order valence-corrected chi connectivity index (χ3v) is 6.57. The lowest BCUT2D eigenvalue weighted by atomic mass is 9.87. The zero-order valence-corrected chi connectivity index (χ0v) is 19.6. The van der Waals surface area contributed by atoms with E-state index in [0.717, 1.165) is 37.6 Å². The molecule has 4 heteroatoms. The highest BCUT2D eigenvalue weighted by Crippen LogP contribution is 2.29. The Labute approximate surface area is 202 Å². The number of aryl methyl sites for hydroxylation is 1. The molecule has 0 spiro atoms. The number of aromatic nitrogens is 2. The molecule has 4 aromatic rings. The van der Waals surface area contributed by atoms with Gasteiger partial charge >= 0.3 is 0 Å². The van der Waals surface area contributed by atoms with Gasteiger partial charge in [0.1, 0.15) is 0 Å². The Morgan fingerprint density at radius 3 is 2.03 bits per heavy atom. The van der Waals surface area contributed by atoms with Crippen LogP contribution in [0.3, 0.4) is 0 Å². The molecule has 0 radical (unpaired) electrons. The molecule has 4 nitrogen and oxygen atoms in total. The van der Waals surface area contributed by atoms with Crippen LogP contribution < -0.4 is 5.32 Å². The van der Waals surface area contributed by atoms with Crippen LogP contribution in [-0.4, -0.2) is 14.9 Å². The van der Waals surface area contributed by atoms with E-state index >= 15 is 0 Å². The van der Waals surface area contributed by atoms with E-state index in [1.54, 1.807) is 0 Å². The Morgan fingerprint density at radius 2 is 1.35 bits per heavy atom. The molecule has 0 aliphatic heterocycles. The Bertz CT molecular complexity index is 1120. The van der Waals surface area contributed by atoms with Gasteiger partial charge in [-0.3, -0.25) is 14.9 Å². The molecule has 1 aliphatic carbocycles. The second-order valence-electron chi connectivity index (χ2n) is 9.13. The molecule has 0 saturated heterocycles. The summed E-state index contributed by atoms with van der Waals surface area (Å²) >= 11 is 0. The third-order valence-electron chi connectivity index (χ3n) is 6.57. The molecule has 1 atom stereocenters. The minimum absolute atomic E-state index is 0.455. The molecule has 2 aromatic carbocycles. The van der Waals surface area contributed by atoms with Crippen molar-refractivity contribution in [1.82, 2.24) is 20.2 Å². The fourth-order valence-electron chi connectivity index (χ4n) is 4.84. The summed E-state index contributed by atoms with van der Waals surface area (Å²) < 4.78 is 0. The lowest BCUT2D eigenvalue weighted by molar-refractivity contribution is 0.241. The molecule has 2 aromatic heterocycles. The van der Waals surface area contributed by atoms with Gasteiger partial charge in [0.05, 0.1) is 11.4 Å². The summed E-state index contributed by atoms with van der Waals surface area (Å²) in [5.41, 5.74) is 7.76. The average Bonchev–Trinajstić information content (AvgIpc) is 2.89. The lowest BCUT2D eigenvalue weighted by Gasteiger charge is -2.26. The zero-order valence-electron chi connectivity index (χ0n) is 19.6. The van der Waals surface area contributed by atoms with Gasteiger partial charge < -0.3 is 5.32 Å². The van der Waals surface area contributed by atoms with Crippen molar-refractivity contribution in [3.8, 4) is 0 Å². The van der Waals surface area contributed by atoms with Gasteiger partial charge in [0.25, 0.3) is 0 Å². The molecule has 1 N–H and O–H groups in total. The van der Waals surface area contributed by atoms with Gasteiger partial charge in [-0.2, -0.15) is 0 Å². The Morgan fingerprint density at radius 1 is 0.706 bits per heavy atom. The van der Waals surface area contributed by atoms with Gasteiger partial charge in [0.15, 0.2) is 0 Å². The number of fused-ring (bicyclic) bond motifs is 1. The fourth-order valence-corrected chi connectivity index (χ4v) is 4.84. The monoisotopic (exact) mass is 448 g/mol. The van der Waals surface area contributed by atoms with E-state index in [4.69, 9.17) is 0 Å². The first kappa shape index (κ1) is 22.5. The lowest BCUT2D eigenvalue weighted by Crippen LogP contribution is -2.25. The van der Waals surface area contributed by atoms with Crippen LogP contribution in [0.15, 0.2) is 97.3 Å². The summed E-state index contributed by atoms with van der Waals surface area (Å²) in [4.78, 5) is 11.5. The van der Waals surface area contributed by atoms with Gasteiger partial charge in [-0.1, -0.05) is 60.7 Å². The van der Waals surface area contributed by atoms with E-state index < -0.39 is 0 Å². The Balaban J connectivity index is 1.22. The molecule has 1 unspecified atom stereocenters. The molecule has 1 aliphatic rings. The van der Waals surface area contributed by atoms with E-state index in [9.17, 15) is 0 Å². The second-order valence-corrected chi connectivity index (χ2v) is 9.13. The van der Waals surface area contributed by atoms with E-state index in [0.29, 0.717) is 6.04 Å². The molecule has 0 amide bonds. The van der Waals surface area contributed by atoms with Crippen LogP contribution in [-0.2, 0) is 32.6 Å². The van der Waals surface area contributed by atoms with Crippen LogP contribution in [0.4, 0.5) is 0 Å². The number of pyridine rings is 2. The van der Waals surface area contributed by atoms with Crippen molar-refractivity contribution in [2.24, 2.45) is 0 Å². The topological polar surface area (TPSA) is 41.0 Å². The average molecular weight is 449 g/mol. The van der Waals surface area contributed by atoms with Crippen LogP contribution in [0.25, 0.3) is 0 Å². The van der Waals surface area contributed by atoms with Crippen molar-refractivity contribution in [3.63, 3.8) is 0 Å². The van der Waals surface area contributed by atoms with Crippen molar-refractivity contribution < 1.29 is 0 Å². The maximum absolute atomic E-state index is 4.53. The first-order chi connectivity index (χ1) is 16.8. The summed E-state index contributed by atoms with van der Waals surface area (Å²) in [6.07, 6.45) is 7.40. The highest BCUT2D eigenvalue weighted by Gasteiger charge is 2.19. The Hall–Kier alpha value is -3.34. The predicted octanol–water partition coefficient (Wildman–Crippen LogP) is 5.85. The highest BCUT2D eigenvalue weighted by atomic mass is 15.1. The second kappa shape index (κ2) is 11.2. The van der Waals surface area contributed by atoms with Gasteiger partial charge in [-0.05, 0) is 65.8 Å². The number of benzene rings is 2. The number of nitrogens with one attached hydrogen (secondary N) is 1. The van der Waals surface area contributed by atoms with E-state index in [1.165, 1.54) is 41.5 Å². The van der Waals surface area contributed by atoms with Crippen molar-refractivity contribution >= 4 is 0 Å². The van der Waals surface area contributed by atoms with Gasteiger partial charge in [0, 0.05) is 44.6 Å². The smallest absolute Gasteiger partial charge is 0.0544 e. The Kier molecular flexibility index (Phi) is 7.39. The van der Waals surface area contributed by atoms with Gasteiger partial charge in [0.2, 0.25) is 0 Å². The van der Waals surface area contributed by atoms with Crippen LogP contribution >= 0.6 is 0 Å². The molecule has 5 rings (SSSR count). The standard InChI is InChI=1S/C30H32N4/c1-2-12-29-26(8-1)9-7-13-30(29)33-20-24-14-16-25(17-15-24)21-34(22-27-10-3-5-18-31-27)23-28-11-4-6-19-32-28/h1-6,8,10-12,14-19,30,33H,7,9,13,20-23H2. The molecular weight excluding hydrogens is 416 g/mol. The molecule has 0 bridgehead atoms.